The molecule has 1 unspecified atom stereocenters. The Bertz CT molecular complexity index is 826. The molecule has 136 valence electrons. The van der Waals surface area contributed by atoms with Crippen molar-refractivity contribution in [3.8, 4) is 11.6 Å². The summed E-state index contributed by atoms with van der Waals surface area (Å²) in [4.78, 5) is 27.0. The molecule has 8 heteroatoms. The van der Waals surface area contributed by atoms with E-state index in [0.29, 0.717) is 37.7 Å². The number of hydrogen-bond acceptors (Lipinski definition) is 5. The van der Waals surface area contributed by atoms with Gasteiger partial charge in [-0.05, 0) is 25.0 Å². The van der Waals surface area contributed by atoms with E-state index in [2.05, 4.69) is 10.4 Å². The van der Waals surface area contributed by atoms with Crippen LogP contribution in [0.5, 0.6) is 11.6 Å². The molecule has 0 radical (unpaired) electrons. The van der Waals surface area contributed by atoms with Crippen molar-refractivity contribution in [1.29, 1.82) is 0 Å². The van der Waals surface area contributed by atoms with Crippen LogP contribution in [0.25, 0.3) is 0 Å². The minimum Gasteiger partial charge on any atom is -0.497 e. The molecule has 4 rings (SSSR count). The van der Waals surface area contributed by atoms with Gasteiger partial charge in [0, 0.05) is 24.4 Å². The summed E-state index contributed by atoms with van der Waals surface area (Å²) < 4.78 is 12.3. The molecule has 3 heterocycles. The van der Waals surface area contributed by atoms with E-state index in [4.69, 9.17) is 9.47 Å². The number of aromatic nitrogens is 2. The number of benzene rings is 1. The largest absolute Gasteiger partial charge is 0.497 e. The lowest BCUT2D eigenvalue weighted by Crippen LogP contribution is -2.52. The molecule has 1 atom stereocenters. The summed E-state index contributed by atoms with van der Waals surface area (Å²) in [6, 6.07) is 8.39. The predicted octanol–water partition coefficient (Wildman–Crippen LogP) is 1.21. The van der Waals surface area contributed by atoms with Crippen LogP contribution < -0.4 is 19.7 Å². The van der Waals surface area contributed by atoms with Crippen LogP contribution in [0.1, 0.15) is 23.3 Å². The van der Waals surface area contributed by atoms with Gasteiger partial charge in [0.15, 0.2) is 5.69 Å². The summed E-state index contributed by atoms with van der Waals surface area (Å²) in [5, 5.41) is 7.03. The Morgan fingerprint density at radius 2 is 2.23 bits per heavy atom. The first-order valence-corrected chi connectivity index (χ1v) is 8.62. The average Bonchev–Trinajstić information content (AvgIpc) is 3.25. The number of fused-ring (bicyclic) bond motifs is 1. The van der Waals surface area contributed by atoms with Gasteiger partial charge in [-0.2, -0.15) is 5.10 Å². The molecule has 2 aromatic rings. The Morgan fingerprint density at radius 3 is 3.04 bits per heavy atom. The number of rotatable bonds is 4. The first-order valence-electron chi connectivity index (χ1n) is 8.62. The van der Waals surface area contributed by atoms with Crippen molar-refractivity contribution >= 4 is 17.5 Å². The molecular formula is C18H20N4O4. The van der Waals surface area contributed by atoms with Gasteiger partial charge in [-0.15, -0.1) is 0 Å². The summed E-state index contributed by atoms with van der Waals surface area (Å²) >= 11 is 0. The SMILES string of the molecule is COc1cccc(N2CCCC(NC(=O)c3cc4n(n3)CCO4)C2=O)c1. The van der Waals surface area contributed by atoms with E-state index < -0.39 is 6.04 Å². The van der Waals surface area contributed by atoms with E-state index in [9.17, 15) is 9.59 Å². The number of carbonyl (C=O) groups excluding carboxylic acids is 2. The maximum atomic E-state index is 12.9. The second kappa shape index (κ2) is 6.70. The maximum absolute atomic E-state index is 12.9. The quantitative estimate of drug-likeness (QED) is 0.890. The maximum Gasteiger partial charge on any atom is 0.272 e. The number of anilines is 1. The summed E-state index contributed by atoms with van der Waals surface area (Å²) in [6.45, 7) is 1.82. The van der Waals surface area contributed by atoms with Crippen LogP contribution in [0, 0.1) is 0 Å². The van der Waals surface area contributed by atoms with Crippen LogP contribution in [0.4, 0.5) is 5.69 Å². The molecule has 26 heavy (non-hydrogen) atoms. The van der Waals surface area contributed by atoms with Gasteiger partial charge in [-0.1, -0.05) is 6.07 Å². The Balaban J connectivity index is 1.47. The number of carbonyl (C=O) groups is 2. The Labute approximate surface area is 150 Å². The minimum atomic E-state index is -0.570. The summed E-state index contributed by atoms with van der Waals surface area (Å²) in [5.41, 5.74) is 1.04. The molecule has 2 amide bonds. The predicted molar refractivity (Wildman–Crippen MR) is 93.6 cm³/mol. The van der Waals surface area contributed by atoms with Gasteiger partial charge < -0.3 is 19.7 Å². The second-order valence-electron chi connectivity index (χ2n) is 6.30. The van der Waals surface area contributed by atoms with Gasteiger partial charge in [0.1, 0.15) is 18.4 Å². The Morgan fingerprint density at radius 1 is 1.35 bits per heavy atom. The number of piperidine rings is 1. The van der Waals surface area contributed by atoms with E-state index in [1.54, 1.807) is 22.8 Å². The summed E-state index contributed by atoms with van der Waals surface area (Å²) in [6.07, 6.45) is 1.41. The zero-order valence-corrected chi connectivity index (χ0v) is 14.5. The zero-order chi connectivity index (χ0) is 18.1. The molecule has 0 spiro atoms. The molecule has 1 aromatic heterocycles. The van der Waals surface area contributed by atoms with Gasteiger partial charge in [0.25, 0.3) is 5.91 Å². The van der Waals surface area contributed by atoms with Crippen molar-refractivity contribution in [2.24, 2.45) is 0 Å². The van der Waals surface area contributed by atoms with E-state index >= 15 is 0 Å². The smallest absolute Gasteiger partial charge is 0.272 e. The molecular weight excluding hydrogens is 336 g/mol. The molecule has 1 fully saturated rings. The van der Waals surface area contributed by atoms with Gasteiger partial charge in [-0.3, -0.25) is 9.59 Å². The Kier molecular flexibility index (Phi) is 4.24. The molecule has 1 aromatic carbocycles. The number of ether oxygens (including phenoxy) is 2. The van der Waals surface area contributed by atoms with E-state index in [-0.39, 0.29) is 17.5 Å². The van der Waals surface area contributed by atoms with E-state index in [1.807, 2.05) is 24.3 Å². The Hall–Kier alpha value is -3.03. The van der Waals surface area contributed by atoms with Crippen molar-refractivity contribution in [3.63, 3.8) is 0 Å². The third kappa shape index (κ3) is 2.98. The minimum absolute atomic E-state index is 0.124. The zero-order valence-electron chi connectivity index (χ0n) is 14.5. The van der Waals surface area contributed by atoms with Crippen molar-refractivity contribution in [3.05, 3.63) is 36.0 Å². The molecule has 0 bridgehead atoms. The normalized spacial score (nSPS) is 19.0. The first kappa shape index (κ1) is 16.4. The van der Waals surface area contributed by atoms with Crippen LogP contribution in [-0.4, -0.2) is 47.9 Å². The van der Waals surface area contributed by atoms with Gasteiger partial charge >= 0.3 is 0 Å². The van der Waals surface area contributed by atoms with Crippen molar-refractivity contribution in [2.45, 2.75) is 25.4 Å². The van der Waals surface area contributed by atoms with Crippen LogP contribution in [0.3, 0.4) is 0 Å². The molecule has 0 saturated carbocycles. The molecule has 2 aliphatic rings. The van der Waals surface area contributed by atoms with Gasteiger partial charge in [0.2, 0.25) is 11.8 Å². The average molecular weight is 356 g/mol. The number of nitrogens with one attached hydrogen (secondary N) is 1. The van der Waals surface area contributed by atoms with Crippen LogP contribution in [0.2, 0.25) is 0 Å². The lowest BCUT2D eigenvalue weighted by atomic mass is 10.0. The highest BCUT2D eigenvalue weighted by molar-refractivity contribution is 6.02. The monoisotopic (exact) mass is 356 g/mol. The van der Waals surface area contributed by atoms with Gasteiger partial charge in [0.05, 0.1) is 13.7 Å². The molecule has 1 saturated heterocycles. The van der Waals surface area contributed by atoms with Crippen LogP contribution in [-0.2, 0) is 11.3 Å². The third-order valence-electron chi connectivity index (χ3n) is 4.64. The number of amides is 2. The lowest BCUT2D eigenvalue weighted by Gasteiger charge is -2.32. The highest BCUT2D eigenvalue weighted by Crippen LogP contribution is 2.25. The number of hydrogen-bond donors (Lipinski definition) is 1. The highest BCUT2D eigenvalue weighted by Gasteiger charge is 2.32. The number of methoxy groups -OCH3 is 1. The van der Waals surface area contributed by atoms with Crippen molar-refractivity contribution < 1.29 is 19.1 Å². The highest BCUT2D eigenvalue weighted by atomic mass is 16.5. The summed E-state index contributed by atoms with van der Waals surface area (Å²) in [7, 11) is 1.59. The fourth-order valence-corrected chi connectivity index (χ4v) is 3.30. The van der Waals surface area contributed by atoms with E-state index in [1.165, 1.54) is 0 Å². The third-order valence-corrected chi connectivity index (χ3v) is 4.64. The van der Waals surface area contributed by atoms with Crippen LogP contribution in [0.15, 0.2) is 30.3 Å². The standard InChI is InChI=1S/C18H20N4O4/c1-25-13-5-2-4-12(10-13)21-7-3-6-14(18(21)24)19-17(23)15-11-16-22(20-15)8-9-26-16/h2,4-5,10-11,14H,3,6-9H2,1H3,(H,19,23). The van der Waals surface area contributed by atoms with Crippen molar-refractivity contribution in [2.75, 3.05) is 25.2 Å². The molecule has 2 aliphatic heterocycles. The number of nitrogens with zero attached hydrogens (tertiary/aromatic N) is 3. The second-order valence-corrected chi connectivity index (χ2v) is 6.30. The first-order chi connectivity index (χ1) is 12.7. The fraction of sp³-hybridized carbons (Fsp3) is 0.389. The summed E-state index contributed by atoms with van der Waals surface area (Å²) in [5.74, 6) is 0.791. The fourth-order valence-electron chi connectivity index (χ4n) is 3.30. The molecule has 1 N–H and O–H groups in total. The van der Waals surface area contributed by atoms with Gasteiger partial charge in [-0.25, -0.2) is 4.68 Å². The van der Waals surface area contributed by atoms with E-state index in [0.717, 1.165) is 12.1 Å². The topological polar surface area (TPSA) is 85.7 Å². The molecule has 0 aliphatic carbocycles. The van der Waals surface area contributed by atoms with Crippen molar-refractivity contribution in [1.82, 2.24) is 15.1 Å². The molecule has 8 nitrogen and oxygen atoms in total. The van der Waals surface area contributed by atoms with Crippen LogP contribution >= 0.6 is 0 Å². The lowest BCUT2D eigenvalue weighted by molar-refractivity contribution is -0.121.